The molecule has 3 rings (SSSR count). The van der Waals surface area contributed by atoms with Gasteiger partial charge in [-0.3, -0.25) is 4.79 Å². The zero-order valence-electron chi connectivity index (χ0n) is 19.9. The van der Waals surface area contributed by atoms with Crippen molar-refractivity contribution in [1.82, 2.24) is 19.7 Å². The Labute approximate surface area is 198 Å². The predicted molar refractivity (Wildman–Crippen MR) is 127 cm³/mol. The molecule has 0 spiro atoms. The first kappa shape index (κ1) is 25.5. The average Bonchev–Trinajstić information content (AvgIpc) is 3.23. The number of benzene rings is 1. The third kappa shape index (κ3) is 6.07. The molecular formula is C25H32F3N5O. The number of carbonyl (C=O) groups is 1. The molecule has 0 atom stereocenters. The average molecular weight is 476 g/mol. The maximum absolute atomic E-state index is 13.5. The molecule has 0 bridgehead atoms. The molecule has 0 aliphatic carbocycles. The smallest absolute Gasteiger partial charge is 0.381 e. The van der Waals surface area contributed by atoms with Crippen molar-refractivity contribution in [3.63, 3.8) is 0 Å². The van der Waals surface area contributed by atoms with Crippen molar-refractivity contribution in [3.05, 3.63) is 53.9 Å². The molecule has 0 saturated heterocycles. The number of halogens is 3. The summed E-state index contributed by atoms with van der Waals surface area (Å²) >= 11 is 0. The van der Waals surface area contributed by atoms with Crippen molar-refractivity contribution >= 4 is 22.6 Å². The number of nitrogens with one attached hydrogen (secondary N) is 1. The number of amides is 1. The predicted octanol–water partition coefficient (Wildman–Crippen LogP) is 5.92. The molecule has 0 radical (unpaired) electrons. The van der Waals surface area contributed by atoms with Gasteiger partial charge in [0, 0.05) is 37.4 Å². The highest BCUT2D eigenvalue weighted by molar-refractivity contribution is 5.91. The minimum Gasteiger partial charge on any atom is -0.381 e. The molecule has 0 saturated carbocycles. The minimum atomic E-state index is -4.97. The van der Waals surface area contributed by atoms with Gasteiger partial charge in [-0.05, 0) is 25.3 Å². The summed E-state index contributed by atoms with van der Waals surface area (Å²) in [7, 11) is 0. The fourth-order valence-electron chi connectivity index (χ4n) is 4.17. The summed E-state index contributed by atoms with van der Waals surface area (Å²) in [6.45, 7) is 6.40. The van der Waals surface area contributed by atoms with Crippen LogP contribution in [0.25, 0.3) is 11.0 Å². The Hall–Kier alpha value is -3.10. The fraction of sp³-hybridized carbons (Fsp3) is 0.480. The number of nitrogens with zero attached hydrogens (tertiary/aromatic N) is 4. The quantitative estimate of drug-likeness (QED) is 0.374. The summed E-state index contributed by atoms with van der Waals surface area (Å²) in [5, 5.41) is 8.70. The molecule has 2 heterocycles. The standard InChI is InChI=1S/C25H32F3N5O/c1-4-10-20(11-5-2)31-22-19(14-29-23-21(22)15-30-33(23)6-3)17-32(24(34)25(26,27)28)16-18-12-8-7-9-13-18/h7-9,12-15,20H,4-6,10-11,16-17H2,1-3H3,(H,29,31). The van der Waals surface area contributed by atoms with Gasteiger partial charge in [0.25, 0.3) is 0 Å². The van der Waals surface area contributed by atoms with Gasteiger partial charge in [-0.15, -0.1) is 0 Å². The minimum absolute atomic E-state index is 0.155. The zero-order valence-corrected chi connectivity index (χ0v) is 19.9. The molecular weight excluding hydrogens is 443 g/mol. The van der Waals surface area contributed by atoms with Crippen LogP contribution in [0.5, 0.6) is 0 Å². The van der Waals surface area contributed by atoms with Gasteiger partial charge in [-0.25, -0.2) is 9.67 Å². The van der Waals surface area contributed by atoms with Gasteiger partial charge in [0.05, 0.1) is 17.3 Å². The summed E-state index contributed by atoms with van der Waals surface area (Å²) in [4.78, 5) is 17.7. The Kier molecular flexibility index (Phi) is 8.52. The van der Waals surface area contributed by atoms with E-state index >= 15 is 0 Å². The van der Waals surface area contributed by atoms with E-state index in [-0.39, 0.29) is 19.1 Å². The lowest BCUT2D eigenvalue weighted by atomic mass is 10.0. The lowest BCUT2D eigenvalue weighted by Crippen LogP contribution is -2.40. The molecule has 3 aromatic rings. The van der Waals surface area contributed by atoms with Crippen molar-refractivity contribution in [2.45, 2.75) is 78.3 Å². The van der Waals surface area contributed by atoms with Crippen LogP contribution in [0, 0.1) is 0 Å². The third-order valence-electron chi connectivity index (χ3n) is 5.77. The molecule has 6 nitrogen and oxygen atoms in total. The molecule has 2 aromatic heterocycles. The van der Waals surface area contributed by atoms with Crippen molar-refractivity contribution in [2.75, 3.05) is 5.32 Å². The SMILES string of the molecule is CCCC(CCC)Nc1c(CN(Cc2ccccc2)C(=O)C(F)(F)F)cnc2c1cnn2CC. The van der Waals surface area contributed by atoms with Crippen LogP contribution < -0.4 is 5.32 Å². The van der Waals surface area contributed by atoms with E-state index in [9.17, 15) is 18.0 Å². The fourth-order valence-corrected chi connectivity index (χ4v) is 4.17. The lowest BCUT2D eigenvalue weighted by Gasteiger charge is -2.27. The number of aromatic nitrogens is 3. The van der Waals surface area contributed by atoms with Crippen LogP contribution in [0.15, 0.2) is 42.7 Å². The summed E-state index contributed by atoms with van der Waals surface area (Å²) in [5.74, 6) is -1.87. The summed E-state index contributed by atoms with van der Waals surface area (Å²) in [6.07, 6.45) is 2.08. The Balaban J connectivity index is 2.04. The van der Waals surface area contributed by atoms with Gasteiger partial charge in [-0.2, -0.15) is 18.3 Å². The van der Waals surface area contributed by atoms with Crippen LogP contribution in [0.2, 0.25) is 0 Å². The largest absolute Gasteiger partial charge is 0.471 e. The molecule has 1 aromatic carbocycles. The van der Waals surface area contributed by atoms with E-state index in [2.05, 4.69) is 29.2 Å². The van der Waals surface area contributed by atoms with E-state index in [1.807, 2.05) is 6.92 Å². The van der Waals surface area contributed by atoms with E-state index in [4.69, 9.17) is 0 Å². The highest BCUT2D eigenvalue weighted by atomic mass is 19.4. The number of pyridine rings is 1. The second kappa shape index (κ2) is 11.4. The molecule has 1 N–H and O–H groups in total. The van der Waals surface area contributed by atoms with Gasteiger partial charge in [0.1, 0.15) is 0 Å². The van der Waals surface area contributed by atoms with Gasteiger partial charge in [-0.1, -0.05) is 57.0 Å². The Morgan fingerprint density at radius 3 is 2.32 bits per heavy atom. The van der Waals surface area contributed by atoms with Crippen LogP contribution in [0.1, 0.15) is 57.6 Å². The van der Waals surface area contributed by atoms with E-state index < -0.39 is 12.1 Å². The van der Waals surface area contributed by atoms with E-state index in [0.717, 1.165) is 36.0 Å². The first-order chi connectivity index (χ1) is 16.3. The van der Waals surface area contributed by atoms with Crippen molar-refractivity contribution in [2.24, 2.45) is 0 Å². The topological polar surface area (TPSA) is 63.1 Å². The molecule has 0 unspecified atom stereocenters. The normalized spacial score (nSPS) is 11.9. The molecule has 9 heteroatoms. The van der Waals surface area contributed by atoms with E-state index in [1.165, 1.54) is 0 Å². The summed E-state index contributed by atoms with van der Waals surface area (Å²) in [5.41, 5.74) is 2.52. The summed E-state index contributed by atoms with van der Waals surface area (Å²) in [6, 6.07) is 8.84. The number of carbonyl (C=O) groups excluding carboxylic acids is 1. The van der Waals surface area contributed by atoms with Gasteiger partial charge < -0.3 is 10.2 Å². The second-order valence-corrected chi connectivity index (χ2v) is 8.42. The molecule has 184 valence electrons. The number of hydrogen-bond donors (Lipinski definition) is 1. The van der Waals surface area contributed by atoms with Crippen molar-refractivity contribution < 1.29 is 18.0 Å². The van der Waals surface area contributed by atoms with Gasteiger partial charge in [0.2, 0.25) is 0 Å². The van der Waals surface area contributed by atoms with E-state index in [0.29, 0.717) is 29.0 Å². The highest BCUT2D eigenvalue weighted by Crippen LogP contribution is 2.31. The van der Waals surface area contributed by atoms with Crippen LogP contribution in [0.3, 0.4) is 0 Å². The van der Waals surface area contributed by atoms with Gasteiger partial charge >= 0.3 is 12.1 Å². The summed E-state index contributed by atoms with van der Waals surface area (Å²) < 4.78 is 42.2. The Bertz CT molecular complexity index is 1080. The zero-order chi connectivity index (χ0) is 24.7. The number of aryl methyl sites for hydroxylation is 1. The van der Waals surface area contributed by atoms with Crippen LogP contribution in [0.4, 0.5) is 18.9 Å². The molecule has 0 aliphatic heterocycles. The van der Waals surface area contributed by atoms with Crippen molar-refractivity contribution in [1.29, 1.82) is 0 Å². The number of rotatable bonds is 11. The van der Waals surface area contributed by atoms with Crippen molar-refractivity contribution in [3.8, 4) is 0 Å². The van der Waals surface area contributed by atoms with Crippen LogP contribution in [-0.2, 0) is 24.4 Å². The second-order valence-electron chi connectivity index (χ2n) is 8.42. The third-order valence-corrected chi connectivity index (χ3v) is 5.77. The highest BCUT2D eigenvalue weighted by Gasteiger charge is 2.42. The number of anilines is 1. The Morgan fingerprint density at radius 2 is 1.74 bits per heavy atom. The van der Waals surface area contributed by atoms with Gasteiger partial charge in [0.15, 0.2) is 5.65 Å². The van der Waals surface area contributed by atoms with Crippen LogP contribution in [-0.4, -0.2) is 37.8 Å². The monoisotopic (exact) mass is 475 g/mol. The van der Waals surface area contributed by atoms with E-state index in [1.54, 1.807) is 47.4 Å². The number of alkyl halides is 3. The molecule has 0 fully saturated rings. The first-order valence-corrected chi connectivity index (χ1v) is 11.8. The number of hydrogen-bond acceptors (Lipinski definition) is 4. The molecule has 34 heavy (non-hydrogen) atoms. The lowest BCUT2D eigenvalue weighted by molar-refractivity contribution is -0.186. The molecule has 1 amide bonds. The molecule has 0 aliphatic rings. The number of fused-ring (bicyclic) bond motifs is 1. The Morgan fingerprint density at radius 1 is 1.06 bits per heavy atom. The van der Waals surface area contributed by atoms with Crippen LogP contribution >= 0.6 is 0 Å². The maximum atomic E-state index is 13.5. The maximum Gasteiger partial charge on any atom is 0.471 e. The first-order valence-electron chi connectivity index (χ1n) is 11.8.